The number of hydrogen-bond donors (Lipinski definition) is 1. The third-order valence-electron chi connectivity index (χ3n) is 2.87. The summed E-state index contributed by atoms with van der Waals surface area (Å²) < 4.78 is 7.03. The maximum absolute atomic E-state index is 10.9. The lowest BCUT2D eigenvalue weighted by atomic mass is 10.3. The number of aryl methyl sites for hydroxylation is 1. The van der Waals surface area contributed by atoms with Gasteiger partial charge in [-0.15, -0.1) is 0 Å². The van der Waals surface area contributed by atoms with Gasteiger partial charge in [0, 0.05) is 26.2 Å². The minimum atomic E-state index is -0.972. The van der Waals surface area contributed by atoms with Crippen molar-refractivity contribution in [3.05, 3.63) is 17.5 Å². The van der Waals surface area contributed by atoms with Gasteiger partial charge in [-0.25, -0.2) is 4.79 Å². The van der Waals surface area contributed by atoms with Gasteiger partial charge < -0.3 is 9.84 Å². The zero-order chi connectivity index (χ0) is 12.3. The van der Waals surface area contributed by atoms with E-state index in [9.17, 15) is 4.79 Å². The summed E-state index contributed by atoms with van der Waals surface area (Å²) in [5, 5.41) is 13.0. The van der Waals surface area contributed by atoms with E-state index < -0.39 is 5.97 Å². The summed E-state index contributed by atoms with van der Waals surface area (Å²) in [5.74, 6) is -0.972. The smallest absolute Gasteiger partial charge is 0.356 e. The third-order valence-corrected chi connectivity index (χ3v) is 2.87. The Kier molecular flexibility index (Phi) is 3.75. The SMILES string of the molecule is CCn1nc(C(=O)O)cc1CN1CCOCC1. The Bertz CT molecular complexity index is 397. The number of nitrogens with zero attached hydrogens (tertiary/aromatic N) is 3. The standard InChI is InChI=1S/C11H17N3O3/c1-2-14-9(7-10(12-14)11(15)16)8-13-3-5-17-6-4-13/h7H,2-6,8H2,1H3,(H,15,16). The van der Waals surface area contributed by atoms with Crippen LogP contribution in [0.2, 0.25) is 0 Å². The van der Waals surface area contributed by atoms with Gasteiger partial charge in [0.2, 0.25) is 0 Å². The highest BCUT2D eigenvalue weighted by Crippen LogP contribution is 2.10. The van der Waals surface area contributed by atoms with Crippen LogP contribution in [0.5, 0.6) is 0 Å². The van der Waals surface area contributed by atoms with Crippen molar-refractivity contribution in [2.75, 3.05) is 26.3 Å². The highest BCUT2D eigenvalue weighted by molar-refractivity contribution is 5.85. The van der Waals surface area contributed by atoms with E-state index in [2.05, 4.69) is 10.00 Å². The molecule has 1 saturated heterocycles. The van der Waals surface area contributed by atoms with Crippen LogP contribution in [0.1, 0.15) is 23.1 Å². The Hall–Kier alpha value is -1.40. The quantitative estimate of drug-likeness (QED) is 0.825. The molecule has 17 heavy (non-hydrogen) atoms. The molecule has 0 atom stereocenters. The third kappa shape index (κ3) is 2.83. The summed E-state index contributed by atoms with van der Waals surface area (Å²) >= 11 is 0. The number of carbonyl (C=O) groups is 1. The fourth-order valence-electron chi connectivity index (χ4n) is 1.95. The van der Waals surface area contributed by atoms with Crippen LogP contribution in [0.4, 0.5) is 0 Å². The van der Waals surface area contributed by atoms with Gasteiger partial charge in [0.15, 0.2) is 5.69 Å². The second kappa shape index (κ2) is 5.29. The summed E-state index contributed by atoms with van der Waals surface area (Å²) in [4.78, 5) is 13.1. The molecular weight excluding hydrogens is 222 g/mol. The van der Waals surface area contributed by atoms with E-state index in [1.165, 1.54) is 0 Å². The molecule has 0 radical (unpaired) electrons. The van der Waals surface area contributed by atoms with E-state index in [1.54, 1.807) is 10.7 Å². The molecule has 1 aromatic heterocycles. The van der Waals surface area contributed by atoms with Crippen molar-refractivity contribution in [3.63, 3.8) is 0 Å². The number of morpholine rings is 1. The summed E-state index contributed by atoms with van der Waals surface area (Å²) in [6.07, 6.45) is 0. The molecule has 2 heterocycles. The van der Waals surface area contributed by atoms with E-state index in [-0.39, 0.29) is 5.69 Å². The molecule has 1 N–H and O–H groups in total. The predicted molar refractivity (Wildman–Crippen MR) is 61.0 cm³/mol. The molecule has 0 unspecified atom stereocenters. The minimum absolute atomic E-state index is 0.120. The zero-order valence-corrected chi connectivity index (χ0v) is 9.93. The zero-order valence-electron chi connectivity index (χ0n) is 9.93. The average Bonchev–Trinajstić information content (AvgIpc) is 2.74. The van der Waals surface area contributed by atoms with Crippen molar-refractivity contribution in [2.45, 2.75) is 20.0 Å². The van der Waals surface area contributed by atoms with Crippen LogP contribution in [-0.2, 0) is 17.8 Å². The fraction of sp³-hybridized carbons (Fsp3) is 0.636. The molecule has 6 heteroatoms. The monoisotopic (exact) mass is 239 g/mol. The van der Waals surface area contributed by atoms with Crippen LogP contribution >= 0.6 is 0 Å². The van der Waals surface area contributed by atoms with E-state index in [1.807, 2.05) is 6.92 Å². The molecule has 2 rings (SSSR count). The van der Waals surface area contributed by atoms with Crippen molar-refractivity contribution in [1.29, 1.82) is 0 Å². The Morgan fingerprint density at radius 3 is 2.82 bits per heavy atom. The molecule has 6 nitrogen and oxygen atoms in total. The molecule has 0 amide bonds. The first-order valence-corrected chi connectivity index (χ1v) is 5.81. The lowest BCUT2D eigenvalue weighted by Crippen LogP contribution is -2.36. The molecule has 1 aromatic rings. The second-order valence-corrected chi connectivity index (χ2v) is 4.03. The molecule has 1 aliphatic rings. The van der Waals surface area contributed by atoms with Crippen molar-refractivity contribution >= 4 is 5.97 Å². The summed E-state index contributed by atoms with van der Waals surface area (Å²) in [6.45, 7) is 6.64. The Morgan fingerprint density at radius 1 is 1.53 bits per heavy atom. The first-order valence-electron chi connectivity index (χ1n) is 5.81. The van der Waals surface area contributed by atoms with Gasteiger partial charge in [-0.1, -0.05) is 0 Å². The van der Waals surface area contributed by atoms with E-state index >= 15 is 0 Å². The van der Waals surface area contributed by atoms with Gasteiger partial charge >= 0.3 is 5.97 Å². The van der Waals surface area contributed by atoms with Crippen LogP contribution in [0.25, 0.3) is 0 Å². The van der Waals surface area contributed by atoms with E-state index in [0.29, 0.717) is 6.54 Å². The summed E-state index contributed by atoms with van der Waals surface area (Å²) in [5.41, 5.74) is 1.07. The van der Waals surface area contributed by atoms with Gasteiger partial charge in [0.25, 0.3) is 0 Å². The molecule has 0 aromatic carbocycles. The van der Waals surface area contributed by atoms with Gasteiger partial charge in [-0.05, 0) is 13.0 Å². The normalized spacial score (nSPS) is 17.2. The Labute approximate surface area is 99.8 Å². The van der Waals surface area contributed by atoms with Crippen LogP contribution in [-0.4, -0.2) is 52.1 Å². The van der Waals surface area contributed by atoms with E-state index in [4.69, 9.17) is 9.84 Å². The van der Waals surface area contributed by atoms with Gasteiger partial charge in [0.05, 0.1) is 18.9 Å². The highest BCUT2D eigenvalue weighted by Gasteiger charge is 2.16. The number of rotatable bonds is 4. The second-order valence-electron chi connectivity index (χ2n) is 4.03. The van der Waals surface area contributed by atoms with Gasteiger partial charge in [-0.2, -0.15) is 5.10 Å². The van der Waals surface area contributed by atoms with Crippen molar-refractivity contribution in [3.8, 4) is 0 Å². The summed E-state index contributed by atoms with van der Waals surface area (Å²) in [7, 11) is 0. The number of ether oxygens (including phenoxy) is 1. The average molecular weight is 239 g/mol. The Balaban J connectivity index is 2.10. The molecule has 1 aliphatic heterocycles. The van der Waals surface area contributed by atoms with E-state index in [0.717, 1.165) is 38.5 Å². The van der Waals surface area contributed by atoms with Gasteiger partial charge in [-0.3, -0.25) is 9.58 Å². The first kappa shape index (κ1) is 12.1. The number of aromatic nitrogens is 2. The topological polar surface area (TPSA) is 67.6 Å². The fourth-order valence-corrected chi connectivity index (χ4v) is 1.95. The first-order chi connectivity index (χ1) is 8.20. The minimum Gasteiger partial charge on any atom is -0.476 e. The molecule has 0 aliphatic carbocycles. The largest absolute Gasteiger partial charge is 0.476 e. The maximum atomic E-state index is 10.9. The summed E-state index contributed by atoms with van der Waals surface area (Å²) in [6, 6.07) is 1.65. The number of hydrogen-bond acceptors (Lipinski definition) is 4. The number of aromatic carboxylic acids is 1. The lowest BCUT2D eigenvalue weighted by Gasteiger charge is -2.26. The predicted octanol–water partition coefficient (Wildman–Crippen LogP) is 0.433. The lowest BCUT2D eigenvalue weighted by molar-refractivity contribution is 0.0330. The van der Waals surface area contributed by atoms with Crippen LogP contribution in [0.15, 0.2) is 6.07 Å². The highest BCUT2D eigenvalue weighted by atomic mass is 16.5. The molecule has 1 fully saturated rings. The molecule has 94 valence electrons. The number of carboxylic acid groups (broad SMARTS) is 1. The molecular formula is C11H17N3O3. The molecule has 0 spiro atoms. The van der Waals surface area contributed by atoms with Gasteiger partial charge in [0.1, 0.15) is 0 Å². The Morgan fingerprint density at radius 2 is 2.24 bits per heavy atom. The number of carboxylic acids is 1. The molecule has 0 saturated carbocycles. The van der Waals surface area contributed by atoms with Crippen LogP contribution in [0.3, 0.4) is 0 Å². The van der Waals surface area contributed by atoms with Crippen LogP contribution < -0.4 is 0 Å². The van der Waals surface area contributed by atoms with Crippen molar-refractivity contribution < 1.29 is 14.6 Å². The molecule has 0 bridgehead atoms. The van der Waals surface area contributed by atoms with Crippen molar-refractivity contribution in [1.82, 2.24) is 14.7 Å². The van der Waals surface area contributed by atoms with Crippen molar-refractivity contribution in [2.24, 2.45) is 0 Å². The maximum Gasteiger partial charge on any atom is 0.356 e. The van der Waals surface area contributed by atoms with Crippen LogP contribution in [0, 0.1) is 0 Å².